The second-order valence-electron chi connectivity index (χ2n) is 5.06. The van der Waals surface area contributed by atoms with Crippen LogP contribution < -0.4 is 10.5 Å². The van der Waals surface area contributed by atoms with Crippen LogP contribution in [0.2, 0.25) is 0 Å². The second-order valence-corrected chi connectivity index (χ2v) is 5.06. The maximum Gasteiger partial charge on any atom is 0.310 e. The van der Waals surface area contributed by atoms with Crippen molar-refractivity contribution in [2.75, 3.05) is 14.2 Å². The van der Waals surface area contributed by atoms with Crippen LogP contribution in [0.3, 0.4) is 0 Å². The predicted octanol–water partition coefficient (Wildman–Crippen LogP) is 2.45. The van der Waals surface area contributed by atoms with E-state index in [0.717, 1.165) is 11.1 Å². The molecule has 1 aromatic carbocycles. The highest BCUT2D eigenvalue weighted by atomic mass is 16.5. The fraction of sp³-hybridized carbons (Fsp3) is 0.533. The van der Waals surface area contributed by atoms with Crippen LogP contribution in [0.15, 0.2) is 18.2 Å². The van der Waals surface area contributed by atoms with Crippen molar-refractivity contribution in [3.63, 3.8) is 0 Å². The van der Waals surface area contributed by atoms with Crippen LogP contribution in [-0.2, 0) is 9.53 Å². The van der Waals surface area contributed by atoms with Gasteiger partial charge in [-0.15, -0.1) is 0 Å². The summed E-state index contributed by atoms with van der Waals surface area (Å²) in [5.41, 5.74) is 8.20. The van der Waals surface area contributed by atoms with Crippen molar-refractivity contribution in [2.45, 2.75) is 26.8 Å². The molecule has 4 heteroatoms. The average molecular weight is 265 g/mol. The summed E-state index contributed by atoms with van der Waals surface area (Å²) in [6, 6.07) is 5.35. The molecule has 1 rings (SSSR count). The summed E-state index contributed by atoms with van der Waals surface area (Å²) in [6.07, 6.45) is 0. The van der Waals surface area contributed by atoms with Gasteiger partial charge in [0, 0.05) is 11.6 Å². The van der Waals surface area contributed by atoms with Crippen molar-refractivity contribution in [3.05, 3.63) is 29.3 Å². The average Bonchev–Trinajstić information content (AvgIpc) is 2.38. The smallest absolute Gasteiger partial charge is 0.310 e. The number of rotatable bonds is 5. The molecule has 0 spiro atoms. The highest BCUT2D eigenvalue weighted by molar-refractivity contribution is 5.74. The van der Waals surface area contributed by atoms with Crippen molar-refractivity contribution < 1.29 is 14.3 Å². The SMILES string of the molecule is COC(=O)C(C(C)C)C(N)c1cc(C)ccc1OC. The van der Waals surface area contributed by atoms with Crippen LogP contribution in [0.1, 0.15) is 31.0 Å². The van der Waals surface area contributed by atoms with Gasteiger partial charge >= 0.3 is 5.97 Å². The first-order valence-corrected chi connectivity index (χ1v) is 6.40. The lowest BCUT2D eigenvalue weighted by Crippen LogP contribution is -2.33. The first-order chi connectivity index (χ1) is 8.92. The van der Waals surface area contributed by atoms with E-state index >= 15 is 0 Å². The Kier molecular flexibility index (Phi) is 5.36. The molecule has 0 radical (unpaired) electrons. The van der Waals surface area contributed by atoms with Gasteiger partial charge in [-0.2, -0.15) is 0 Å². The Bertz CT molecular complexity index is 443. The lowest BCUT2D eigenvalue weighted by atomic mass is 9.84. The van der Waals surface area contributed by atoms with Gasteiger partial charge in [0.05, 0.1) is 20.1 Å². The molecule has 19 heavy (non-hydrogen) atoms. The second kappa shape index (κ2) is 6.57. The van der Waals surface area contributed by atoms with E-state index in [4.69, 9.17) is 15.2 Å². The molecule has 0 heterocycles. The maximum atomic E-state index is 11.9. The normalized spacial score (nSPS) is 14.1. The number of methoxy groups -OCH3 is 2. The van der Waals surface area contributed by atoms with Crippen LogP contribution in [0, 0.1) is 18.8 Å². The monoisotopic (exact) mass is 265 g/mol. The van der Waals surface area contributed by atoms with E-state index in [2.05, 4.69) is 0 Å². The minimum atomic E-state index is -0.442. The van der Waals surface area contributed by atoms with Crippen molar-refractivity contribution in [1.82, 2.24) is 0 Å². The summed E-state index contributed by atoms with van der Waals surface area (Å²) in [5, 5.41) is 0. The Morgan fingerprint density at radius 3 is 2.37 bits per heavy atom. The molecule has 0 fully saturated rings. The molecule has 0 bridgehead atoms. The molecule has 0 aliphatic carbocycles. The minimum absolute atomic E-state index is 0.0904. The fourth-order valence-corrected chi connectivity index (χ4v) is 2.28. The van der Waals surface area contributed by atoms with Gasteiger partial charge in [0.25, 0.3) is 0 Å². The zero-order valence-electron chi connectivity index (χ0n) is 12.3. The summed E-state index contributed by atoms with van der Waals surface area (Å²) in [7, 11) is 2.99. The van der Waals surface area contributed by atoms with E-state index in [1.165, 1.54) is 7.11 Å². The Labute approximate surface area is 114 Å². The van der Waals surface area contributed by atoms with Crippen molar-refractivity contribution >= 4 is 5.97 Å². The zero-order valence-corrected chi connectivity index (χ0v) is 12.3. The van der Waals surface area contributed by atoms with Crippen molar-refractivity contribution in [2.24, 2.45) is 17.6 Å². The number of benzene rings is 1. The molecule has 2 N–H and O–H groups in total. The molecule has 0 aliphatic rings. The molecule has 0 saturated heterocycles. The summed E-state index contributed by atoms with van der Waals surface area (Å²) in [5.74, 6) is 0.118. The van der Waals surface area contributed by atoms with Crippen LogP contribution in [-0.4, -0.2) is 20.2 Å². The van der Waals surface area contributed by atoms with Gasteiger partial charge in [-0.25, -0.2) is 0 Å². The molecular formula is C15H23NO3. The Hall–Kier alpha value is -1.55. The van der Waals surface area contributed by atoms with Crippen LogP contribution in [0.5, 0.6) is 5.75 Å². The number of hydrogen-bond donors (Lipinski definition) is 1. The van der Waals surface area contributed by atoms with Gasteiger partial charge < -0.3 is 15.2 Å². The number of esters is 1. The van der Waals surface area contributed by atoms with Crippen molar-refractivity contribution in [3.8, 4) is 5.75 Å². The predicted molar refractivity (Wildman–Crippen MR) is 75.0 cm³/mol. The number of nitrogens with two attached hydrogens (primary N) is 1. The minimum Gasteiger partial charge on any atom is -0.496 e. The highest BCUT2D eigenvalue weighted by Gasteiger charge is 2.32. The summed E-state index contributed by atoms with van der Waals surface area (Å²) in [6.45, 7) is 5.91. The van der Waals surface area contributed by atoms with Crippen LogP contribution in [0.25, 0.3) is 0 Å². The zero-order chi connectivity index (χ0) is 14.6. The van der Waals surface area contributed by atoms with Crippen LogP contribution >= 0.6 is 0 Å². The van der Waals surface area contributed by atoms with Gasteiger partial charge in [0.2, 0.25) is 0 Å². The molecule has 0 aromatic heterocycles. The first kappa shape index (κ1) is 15.5. The van der Waals surface area contributed by atoms with Gasteiger partial charge in [-0.1, -0.05) is 31.5 Å². The molecule has 106 valence electrons. The number of ether oxygens (including phenoxy) is 2. The van der Waals surface area contributed by atoms with Crippen LogP contribution in [0.4, 0.5) is 0 Å². The highest BCUT2D eigenvalue weighted by Crippen LogP contribution is 2.33. The van der Waals surface area contributed by atoms with Gasteiger partial charge in [0.1, 0.15) is 5.75 Å². The van der Waals surface area contributed by atoms with E-state index in [0.29, 0.717) is 5.75 Å². The summed E-state index contributed by atoms with van der Waals surface area (Å²) in [4.78, 5) is 11.9. The lowest BCUT2D eigenvalue weighted by Gasteiger charge is -2.26. The third kappa shape index (κ3) is 3.47. The Balaban J connectivity index is 3.19. The molecule has 0 amide bonds. The Morgan fingerprint density at radius 2 is 1.89 bits per heavy atom. The largest absolute Gasteiger partial charge is 0.496 e. The maximum absolute atomic E-state index is 11.9. The standard InChI is InChI=1S/C15H23NO3/c1-9(2)13(15(17)19-5)14(16)11-8-10(3)6-7-12(11)18-4/h6-9,13-14H,16H2,1-5H3. The summed E-state index contributed by atoms with van der Waals surface area (Å²) >= 11 is 0. The lowest BCUT2D eigenvalue weighted by molar-refractivity contribution is -0.148. The molecule has 0 aliphatic heterocycles. The molecule has 2 atom stereocenters. The van der Waals surface area contributed by atoms with Gasteiger partial charge in [0.15, 0.2) is 0 Å². The number of carbonyl (C=O) groups excluding carboxylic acids is 1. The molecule has 4 nitrogen and oxygen atoms in total. The molecule has 2 unspecified atom stereocenters. The number of aryl methyl sites for hydroxylation is 1. The topological polar surface area (TPSA) is 61.5 Å². The fourth-order valence-electron chi connectivity index (χ4n) is 2.28. The molecular weight excluding hydrogens is 242 g/mol. The quantitative estimate of drug-likeness (QED) is 0.831. The third-order valence-corrected chi connectivity index (χ3v) is 3.32. The van der Waals surface area contributed by atoms with E-state index < -0.39 is 6.04 Å². The molecule has 0 saturated carbocycles. The third-order valence-electron chi connectivity index (χ3n) is 3.32. The van der Waals surface area contributed by atoms with Gasteiger partial charge in [-0.05, 0) is 18.9 Å². The number of hydrogen-bond acceptors (Lipinski definition) is 4. The summed E-state index contributed by atoms with van der Waals surface area (Å²) < 4.78 is 10.2. The Morgan fingerprint density at radius 1 is 1.26 bits per heavy atom. The first-order valence-electron chi connectivity index (χ1n) is 6.40. The van der Waals surface area contributed by atoms with Crippen molar-refractivity contribution in [1.29, 1.82) is 0 Å². The van der Waals surface area contributed by atoms with E-state index in [1.807, 2.05) is 39.0 Å². The molecule has 1 aromatic rings. The van der Waals surface area contributed by atoms with E-state index in [9.17, 15) is 4.79 Å². The number of carbonyl (C=O) groups is 1. The van der Waals surface area contributed by atoms with E-state index in [-0.39, 0.29) is 17.8 Å². The van der Waals surface area contributed by atoms with E-state index in [1.54, 1.807) is 7.11 Å². The van der Waals surface area contributed by atoms with Gasteiger partial charge in [-0.3, -0.25) is 4.79 Å².